The van der Waals surface area contributed by atoms with Crippen molar-refractivity contribution in [2.45, 2.75) is 13.2 Å². The molecule has 0 aliphatic rings. The van der Waals surface area contributed by atoms with Crippen molar-refractivity contribution < 1.29 is 13.9 Å². The maximum atomic E-state index is 13.5. The molecule has 0 atom stereocenters. The molecule has 0 amide bonds. The minimum atomic E-state index is -0.367. The van der Waals surface area contributed by atoms with Gasteiger partial charge in [-0.1, -0.05) is 18.2 Å². The summed E-state index contributed by atoms with van der Waals surface area (Å²) in [6.45, 7) is 0.233. The van der Waals surface area contributed by atoms with Crippen LogP contribution in [0.1, 0.15) is 11.1 Å². The summed E-state index contributed by atoms with van der Waals surface area (Å²) in [5.74, 6) is -0.367. The molecule has 0 aliphatic carbocycles. The summed E-state index contributed by atoms with van der Waals surface area (Å²) >= 11 is 0. The first-order valence-electron chi connectivity index (χ1n) is 4.08. The molecule has 1 aromatic rings. The summed E-state index contributed by atoms with van der Waals surface area (Å²) in [7, 11) is 1.50. The van der Waals surface area contributed by atoms with Crippen LogP contribution in [0.4, 0.5) is 4.39 Å². The Kier molecular flexibility index (Phi) is 3.98. The lowest BCUT2D eigenvalue weighted by Crippen LogP contribution is -1.97. The van der Waals surface area contributed by atoms with Crippen molar-refractivity contribution in [1.29, 1.82) is 0 Å². The second kappa shape index (κ2) is 5.27. The smallest absolute Gasteiger partial charge is 0.235 e. The molecule has 0 aliphatic heterocycles. The zero-order valence-corrected chi connectivity index (χ0v) is 7.79. The molecule has 0 spiro atoms. The minimum absolute atomic E-state index is 0.0207. The number of hydrogen-bond donors (Lipinski definition) is 0. The Balaban J connectivity index is 2.94. The number of nitrogens with zero attached hydrogens (tertiary/aromatic N) is 1. The molecule has 1 rings (SSSR count). The van der Waals surface area contributed by atoms with Crippen molar-refractivity contribution in [3.8, 4) is 0 Å². The van der Waals surface area contributed by atoms with Gasteiger partial charge in [0.15, 0.2) is 0 Å². The van der Waals surface area contributed by atoms with E-state index in [9.17, 15) is 9.18 Å². The van der Waals surface area contributed by atoms with Crippen molar-refractivity contribution in [2.24, 2.45) is 4.99 Å². The molecule has 1 aromatic carbocycles. The Labute approximate surface area is 81.2 Å². The lowest BCUT2D eigenvalue weighted by molar-refractivity contribution is 0.181. The fourth-order valence-electron chi connectivity index (χ4n) is 1.14. The average Bonchev–Trinajstić information content (AvgIpc) is 2.20. The van der Waals surface area contributed by atoms with Crippen LogP contribution in [0.3, 0.4) is 0 Å². The first-order valence-corrected chi connectivity index (χ1v) is 4.08. The first-order chi connectivity index (χ1) is 6.79. The number of halogens is 1. The van der Waals surface area contributed by atoms with Crippen LogP contribution in [0, 0.1) is 5.82 Å². The van der Waals surface area contributed by atoms with Gasteiger partial charge in [-0.15, -0.1) is 0 Å². The number of rotatable bonds is 4. The standard InChI is InChI=1S/C10H10FNO2/c1-14-6-9-4-2-3-8(10(9)11)5-12-7-13/h2-4H,5-6H2,1H3. The molecule has 0 heterocycles. The van der Waals surface area contributed by atoms with Crippen LogP contribution < -0.4 is 0 Å². The third-order valence-electron chi connectivity index (χ3n) is 1.77. The molecule has 0 N–H and O–H groups in total. The highest BCUT2D eigenvalue weighted by atomic mass is 19.1. The van der Waals surface area contributed by atoms with Crippen molar-refractivity contribution in [1.82, 2.24) is 0 Å². The monoisotopic (exact) mass is 195 g/mol. The summed E-state index contributed by atoms with van der Waals surface area (Å²) in [6, 6.07) is 4.91. The minimum Gasteiger partial charge on any atom is -0.380 e. The third kappa shape index (κ3) is 2.49. The van der Waals surface area contributed by atoms with Crippen molar-refractivity contribution in [2.75, 3.05) is 7.11 Å². The van der Waals surface area contributed by atoms with Gasteiger partial charge in [-0.05, 0) is 0 Å². The highest BCUT2D eigenvalue weighted by Gasteiger charge is 2.06. The van der Waals surface area contributed by atoms with Gasteiger partial charge in [0.1, 0.15) is 5.82 Å². The highest BCUT2D eigenvalue weighted by molar-refractivity contribution is 5.34. The molecule has 0 saturated carbocycles. The Hall–Kier alpha value is -1.51. The largest absolute Gasteiger partial charge is 0.380 e. The molecule has 0 radical (unpaired) electrons. The zero-order chi connectivity index (χ0) is 10.4. The molecule has 4 heteroatoms. The molecule has 0 unspecified atom stereocenters. The number of hydrogen-bond acceptors (Lipinski definition) is 3. The molecular formula is C10H10FNO2. The third-order valence-corrected chi connectivity index (χ3v) is 1.77. The fourth-order valence-corrected chi connectivity index (χ4v) is 1.14. The fraction of sp³-hybridized carbons (Fsp3) is 0.300. The number of ether oxygens (including phenoxy) is 1. The molecule has 74 valence electrons. The summed E-state index contributed by atoms with van der Waals surface area (Å²) < 4.78 is 18.3. The molecular weight excluding hydrogens is 185 g/mol. The second-order valence-electron chi connectivity index (χ2n) is 2.73. The normalized spacial score (nSPS) is 9.57. The molecule has 0 aromatic heterocycles. The van der Waals surface area contributed by atoms with Crippen LogP contribution in [0.2, 0.25) is 0 Å². The molecule has 3 nitrogen and oxygen atoms in total. The van der Waals surface area contributed by atoms with Crippen molar-refractivity contribution in [3.05, 3.63) is 35.1 Å². The van der Waals surface area contributed by atoms with Crippen LogP contribution in [0.25, 0.3) is 0 Å². The molecule has 0 bridgehead atoms. The van der Waals surface area contributed by atoms with Gasteiger partial charge in [-0.25, -0.2) is 14.2 Å². The Morgan fingerprint density at radius 1 is 1.50 bits per heavy atom. The first kappa shape index (κ1) is 10.6. The average molecular weight is 195 g/mol. The van der Waals surface area contributed by atoms with E-state index < -0.39 is 0 Å². The molecule has 0 fully saturated rings. The van der Waals surface area contributed by atoms with E-state index in [0.717, 1.165) is 0 Å². The van der Waals surface area contributed by atoms with Gasteiger partial charge in [0, 0.05) is 18.2 Å². The Morgan fingerprint density at radius 3 is 2.86 bits per heavy atom. The summed E-state index contributed by atoms with van der Waals surface area (Å²) in [6.07, 6.45) is 1.37. The van der Waals surface area contributed by atoms with E-state index in [0.29, 0.717) is 11.1 Å². The van der Waals surface area contributed by atoms with Gasteiger partial charge >= 0.3 is 0 Å². The van der Waals surface area contributed by atoms with E-state index in [4.69, 9.17) is 4.74 Å². The number of isocyanates is 1. The van der Waals surface area contributed by atoms with Crippen LogP contribution in [0.5, 0.6) is 0 Å². The van der Waals surface area contributed by atoms with E-state index in [2.05, 4.69) is 4.99 Å². The zero-order valence-electron chi connectivity index (χ0n) is 7.79. The Morgan fingerprint density at radius 2 is 2.21 bits per heavy atom. The van der Waals surface area contributed by atoms with Crippen molar-refractivity contribution in [3.63, 3.8) is 0 Å². The van der Waals surface area contributed by atoms with E-state index in [1.54, 1.807) is 18.2 Å². The SMILES string of the molecule is COCc1cccc(CN=C=O)c1F. The molecule has 0 saturated heterocycles. The van der Waals surface area contributed by atoms with Crippen LogP contribution in [-0.4, -0.2) is 13.2 Å². The quantitative estimate of drug-likeness (QED) is 0.542. The summed E-state index contributed by atoms with van der Waals surface area (Å²) in [5.41, 5.74) is 0.842. The summed E-state index contributed by atoms with van der Waals surface area (Å²) in [5, 5.41) is 0. The summed E-state index contributed by atoms with van der Waals surface area (Å²) in [4.78, 5) is 13.2. The number of aliphatic imine (C=N–C) groups is 1. The van der Waals surface area contributed by atoms with Gasteiger partial charge < -0.3 is 4.74 Å². The van der Waals surface area contributed by atoms with Crippen LogP contribution in [-0.2, 0) is 22.7 Å². The van der Waals surface area contributed by atoms with E-state index in [-0.39, 0.29) is 19.0 Å². The highest BCUT2D eigenvalue weighted by Crippen LogP contribution is 2.14. The van der Waals surface area contributed by atoms with Crippen LogP contribution in [0.15, 0.2) is 23.2 Å². The van der Waals surface area contributed by atoms with E-state index in [1.165, 1.54) is 13.2 Å². The maximum absolute atomic E-state index is 13.5. The number of methoxy groups -OCH3 is 1. The number of carbonyl (C=O) groups excluding carboxylic acids is 1. The maximum Gasteiger partial charge on any atom is 0.235 e. The van der Waals surface area contributed by atoms with E-state index >= 15 is 0 Å². The number of benzene rings is 1. The predicted molar refractivity (Wildman–Crippen MR) is 48.9 cm³/mol. The van der Waals surface area contributed by atoms with Crippen LogP contribution >= 0.6 is 0 Å². The predicted octanol–water partition coefficient (Wildman–Crippen LogP) is 1.81. The van der Waals surface area contributed by atoms with Crippen molar-refractivity contribution >= 4 is 6.08 Å². The van der Waals surface area contributed by atoms with Gasteiger partial charge in [0.05, 0.1) is 13.2 Å². The topological polar surface area (TPSA) is 38.7 Å². The van der Waals surface area contributed by atoms with Gasteiger partial charge in [-0.2, -0.15) is 0 Å². The Bertz CT molecular complexity index is 359. The lowest BCUT2D eigenvalue weighted by atomic mass is 10.1. The van der Waals surface area contributed by atoms with Gasteiger partial charge in [0.25, 0.3) is 0 Å². The lowest BCUT2D eigenvalue weighted by Gasteiger charge is -2.04. The van der Waals surface area contributed by atoms with Gasteiger partial charge in [-0.3, -0.25) is 0 Å². The molecule has 14 heavy (non-hydrogen) atoms. The van der Waals surface area contributed by atoms with Gasteiger partial charge in [0.2, 0.25) is 6.08 Å². The van der Waals surface area contributed by atoms with E-state index in [1.807, 2.05) is 0 Å². The second-order valence-corrected chi connectivity index (χ2v) is 2.73.